The molecule has 4 aromatic rings. The van der Waals surface area contributed by atoms with E-state index in [0.29, 0.717) is 33.8 Å². The fourth-order valence-corrected chi connectivity index (χ4v) is 2.85. The molecule has 0 saturated heterocycles. The second-order valence-corrected chi connectivity index (χ2v) is 5.96. The van der Waals surface area contributed by atoms with Crippen molar-refractivity contribution in [2.75, 3.05) is 0 Å². The second-order valence-electron chi connectivity index (χ2n) is 5.96. The lowest BCUT2D eigenvalue weighted by atomic mass is 10.0. The number of aromatic nitrogens is 1. The topological polar surface area (TPSA) is 63.0 Å². The van der Waals surface area contributed by atoms with Crippen molar-refractivity contribution in [3.63, 3.8) is 0 Å². The summed E-state index contributed by atoms with van der Waals surface area (Å²) in [6.45, 7) is 0. The zero-order valence-electron chi connectivity index (χ0n) is 14.3. The quantitative estimate of drug-likeness (QED) is 0.479. The van der Waals surface area contributed by atoms with Gasteiger partial charge >= 0.3 is 0 Å². The zero-order chi connectivity index (χ0) is 18.6. The number of rotatable bonds is 4. The minimum atomic E-state index is -0.0438. The maximum Gasteiger partial charge on any atom is 0.221 e. The number of hydrogen-bond donors (Lipinski definition) is 0. The van der Waals surface area contributed by atoms with E-state index in [1.54, 1.807) is 42.5 Å². The van der Waals surface area contributed by atoms with Gasteiger partial charge in [0.15, 0.2) is 5.78 Å². The Balaban J connectivity index is 1.60. The van der Waals surface area contributed by atoms with Crippen LogP contribution in [0.3, 0.4) is 0 Å². The molecule has 0 aliphatic heterocycles. The summed E-state index contributed by atoms with van der Waals surface area (Å²) in [4.78, 5) is 16.9. The summed E-state index contributed by atoms with van der Waals surface area (Å²) in [7, 11) is 0. The smallest absolute Gasteiger partial charge is 0.221 e. The highest BCUT2D eigenvalue weighted by atomic mass is 16.5. The number of ether oxygens (including phenoxy) is 1. The highest BCUT2D eigenvalue weighted by Crippen LogP contribution is 2.26. The Morgan fingerprint density at radius 2 is 1.52 bits per heavy atom. The van der Waals surface area contributed by atoms with Crippen molar-refractivity contribution in [3.8, 4) is 17.7 Å². The maximum atomic E-state index is 12.5. The summed E-state index contributed by atoms with van der Waals surface area (Å²) in [5.41, 5.74) is 2.42. The summed E-state index contributed by atoms with van der Waals surface area (Å²) in [6.07, 6.45) is 0. The molecule has 0 saturated carbocycles. The van der Waals surface area contributed by atoms with Crippen molar-refractivity contribution in [2.24, 2.45) is 0 Å². The average Bonchev–Trinajstić information content (AvgIpc) is 2.74. The largest absolute Gasteiger partial charge is 0.439 e. The van der Waals surface area contributed by atoms with E-state index >= 15 is 0 Å². The SMILES string of the molecule is N#Cc1cc(Oc2ccc(C(=O)c3ccccc3)cc2)nc2ccccc12. The third kappa shape index (κ3) is 3.39. The van der Waals surface area contributed by atoms with Crippen molar-refractivity contribution in [1.29, 1.82) is 5.26 Å². The van der Waals surface area contributed by atoms with E-state index in [2.05, 4.69) is 11.1 Å². The molecule has 4 heteroatoms. The Morgan fingerprint density at radius 3 is 2.26 bits per heavy atom. The molecule has 0 bridgehead atoms. The molecule has 0 fully saturated rings. The highest BCUT2D eigenvalue weighted by Gasteiger charge is 2.10. The standard InChI is InChI=1S/C23H14N2O2/c24-15-18-14-22(25-21-9-5-4-8-20(18)21)27-19-12-10-17(11-13-19)23(26)16-6-2-1-3-7-16/h1-14H. The fraction of sp³-hybridized carbons (Fsp3) is 0. The van der Waals surface area contributed by atoms with Crippen molar-refractivity contribution in [1.82, 2.24) is 4.98 Å². The van der Waals surface area contributed by atoms with Crippen LogP contribution in [-0.4, -0.2) is 10.8 Å². The van der Waals surface area contributed by atoms with Crippen LogP contribution in [-0.2, 0) is 0 Å². The van der Waals surface area contributed by atoms with Crippen LogP contribution in [0.25, 0.3) is 10.9 Å². The lowest BCUT2D eigenvalue weighted by Gasteiger charge is -2.08. The molecule has 4 nitrogen and oxygen atoms in total. The van der Waals surface area contributed by atoms with Gasteiger partial charge in [0, 0.05) is 22.6 Å². The minimum absolute atomic E-state index is 0.0438. The number of carbonyl (C=O) groups excluding carboxylic acids is 1. The zero-order valence-corrected chi connectivity index (χ0v) is 14.3. The van der Waals surface area contributed by atoms with Gasteiger partial charge in [-0.15, -0.1) is 0 Å². The van der Waals surface area contributed by atoms with Crippen LogP contribution in [0.15, 0.2) is 84.9 Å². The first-order valence-corrected chi connectivity index (χ1v) is 8.42. The van der Waals surface area contributed by atoms with Gasteiger partial charge in [0.2, 0.25) is 5.88 Å². The van der Waals surface area contributed by atoms with Gasteiger partial charge in [0.05, 0.1) is 11.1 Å². The van der Waals surface area contributed by atoms with Crippen LogP contribution < -0.4 is 4.74 Å². The first-order chi connectivity index (χ1) is 13.2. The molecule has 0 N–H and O–H groups in total. The third-order valence-corrected chi connectivity index (χ3v) is 4.19. The van der Waals surface area contributed by atoms with Gasteiger partial charge in [-0.05, 0) is 30.3 Å². The highest BCUT2D eigenvalue weighted by molar-refractivity contribution is 6.09. The number of fused-ring (bicyclic) bond motifs is 1. The van der Waals surface area contributed by atoms with Gasteiger partial charge in [0.1, 0.15) is 11.8 Å². The van der Waals surface area contributed by atoms with E-state index < -0.39 is 0 Å². The molecule has 4 rings (SSSR count). The Kier molecular flexibility index (Phi) is 4.34. The fourth-order valence-electron chi connectivity index (χ4n) is 2.85. The summed E-state index contributed by atoms with van der Waals surface area (Å²) >= 11 is 0. The molecule has 1 heterocycles. The molecular formula is C23H14N2O2. The molecule has 27 heavy (non-hydrogen) atoms. The van der Waals surface area contributed by atoms with Gasteiger partial charge in [-0.3, -0.25) is 4.79 Å². The lowest BCUT2D eigenvalue weighted by Crippen LogP contribution is -2.00. The third-order valence-electron chi connectivity index (χ3n) is 4.19. The summed E-state index contributed by atoms with van der Waals surface area (Å²) in [5.74, 6) is 0.844. The normalized spacial score (nSPS) is 10.3. The average molecular weight is 350 g/mol. The van der Waals surface area contributed by atoms with E-state index in [0.717, 1.165) is 5.39 Å². The molecule has 1 aromatic heterocycles. The second kappa shape index (κ2) is 7.11. The number of para-hydroxylation sites is 1. The van der Waals surface area contributed by atoms with E-state index in [9.17, 15) is 10.1 Å². The van der Waals surface area contributed by atoms with Crippen LogP contribution in [0.2, 0.25) is 0 Å². The van der Waals surface area contributed by atoms with Crippen LogP contribution in [0.1, 0.15) is 21.5 Å². The van der Waals surface area contributed by atoms with Crippen LogP contribution >= 0.6 is 0 Å². The monoisotopic (exact) mass is 350 g/mol. The summed E-state index contributed by atoms with van der Waals surface area (Å²) in [5, 5.41) is 10.1. The predicted molar refractivity (Wildman–Crippen MR) is 103 cm³/mol. The van der Waals surface area contributed by atoms with E-state index in [1.807, 2.05) is 42.5 Å². The van der Waals surface area contributed by atoms with E-state index in [1.165, 1.54) is 0 Å². The Morgan fingerprint density at radius 1 is 0.852 bits per heavy atom. The molecule has 0 aliphatic carbocycles. The van der Waals surface area contributed by atoms with E-state index in [4.69, 9.17) is 4.74 Å². The van der Waals surface area contributed by atoms with Gasteiger partial charge in [-0.1, -0.05) is 48.5 Å². The van der Waals surface area contributed by atoms with Gasteiger partial charge in [-0.2, -0.15) is 5.26 Å². The summed E-state index contributed by atoms with van der Waals surface area (Å²) < 4.78 is 5.80. The first kappa shape index (κ1) is 16.5. The van der Waals surface area contributed by atoms with Gasteiger partial charge in [-0.25, -0.2) is 4.98 Å². The van der Waals surface area contributed by atoms with Crippen LogP contribution in [0, 0.1) is 11.3 Å². The van der Waals surface area contributed by atoms with Crippen LogP contribution in [0.4, 0.5) is 0 Å². The Labute approximate surface area is 156 Å². The number of pyridine rings is 1. The number of carbonyl (C=O) groups is 1. The molecule has 0 aliphatic rings. The van der Waals surface area contributed by atoms with Gasteiger partial charge in [0.25, 0.3) is 0 Å². The van der Waals surface area contributed by atoms with Crippen molar-refractivity contribution in [3.05, 3.63) is 102 Å². The van der Waals surface area contributed by atoms with Crippen LogP contribution in [0.5, 0.6) is 11.6 Å². The molecular weight excluding hydrogens is 336 g/mol. The van der Waals surface area contributed by atoms with Crippen molar-refractivity contribution in [2.45, 2.75) is 0 Å². The molecule has 0 unspecified atom stereocenters. The molecule has 0 spiro atoms. The minimum Gasteiger partial charge on any atom is -0.439 e. The number of hydrogen-bond acceptors (Lipinski definition) is 4. The number of nitriles is 1. The first-order valence-electron chi connectivity index (χ1n) is 8.42. The molecule has 0 amide bonds. The Bertz CT molecular complexity index is 1160. The summed E-state index contributed by atoms with van der Waals surface area (Å²) in [6, 6.07) is 27.2. The number of ketones is 1. The van der Waals surface area contributed by atoms with Gasteiger partial charge < -0.3 is 4.74 Å². The molecule has 128 valence electrons. The molecule has 0 atom stereocenters. The number of nitrogens with zero attached hydrogens (tertiary/aromatic N) is 2. The number of benzene rings is 3. The maximum absolute atomic E-state index is 12.5. The van der Waals surface area contributed by atoms with E-state index in [-0.39, 0.29) is 5.78 Å². The molecule has 0 radical (unpaired) electrons. The molecule has 3 aromatic carbocycles. The predicted octanol–water partition coefficient (Wildman–Crippen LogP) is 5.13. The van der Waals surface area contributed by atoms with Crippen molar-refractivity contribution >= 4 is 16.7 Å². The lowest BCUT2D eigenvalue weighted by molar-refractivity contribution is 0.103. The Hall–Kier alpha value is -3.97. The van der Waals surface area contributed by atoms with Crippen molar-refractivity contribution < 1.29 is 9.53 Å².